The van der Waals surface area contributed by atoms with E-state index >= 15 is 0 Å². The third-order valence-electron chi connectivity index (χ3n) is 3.41. The molecule has 1 aromatic carbocycles. The fourth-order valence-corrected chi connectivity index (χ4v) is 2.46. The molecule has 0 atom stereocenters. The van der Waals surface area contributed by atoms with Crippen LogP contribution in [0.2, 0.25) is 0 Å². The summed E-state index contributed by atoms with van der Waals surface area (Å²) in [4.78, 5) is 4.44. The molecule has 0 bridgehead atoms. The Morgan fingerprint density at radius 1 is 1.25 bits per heavy atom. The molecule has 84 valence electrons. The maximum atomic E-state index is 5.67. The van der Waals surface area contributed by atoms with Crippen LogP contribution in [0.5, 0.6) is 0 Å². The molecule has 1 heterocycles. The fourth-order valence-electron chi connectivity index (χ4n) is 2.46. The van der Waals surface area contributed by atoms with E-state index in [2.05, 4.69) is 17.2 Å². The van der Waals surface area contributed by atoms with Gasteiger partial charge in [-0.15, -0.1) is 0 Å². The van der Waals surface area contributed by atoms with E-state index in [1.54, 1.807) is 0 Å². The van der Waals surface area contributed by atoms with Crippen molar-refractivity contribution in [1.29, 1.82) is 0 Å². The molecule has 0 aliphatic heterocycles. The molecule has 3 nitrogen and oxygen atoms in total. The molecule has 3 rings (SSSR count). The minimum Gasteiger partial charge on any atom is -0.424 e. The maximum absolute atomic E-state index is 5.67. The van der Waals surface area contributed by atoms with Crippen molar-refractivity contribution in [3.8, 4) is 0 Å². The largest absolute Gasteiger partial charge is 0.424 e. The maximum Gasteiger partial charge on any atom is 0.296 e. The summed E-state index contributed by atoms with van der Waals surface area (Å²) >= 11 is 0. The summed E-state index contributed by atoms with van der Waals surface area (Å²) in [5, 5.41) is 3.43. The van der Waals surface area contributed by atoms with Crippen LogP contribution in [0.3, 0.4) is 0 Å². The van der Waals surface area contributed by atoms with Crippen LogP contribution in [0.1, 0.15) is 32.6 Å². The zero-order chi connectivity index (χ0) is 11.0. The van der Waals surface area contributed by atoms with Crippen LogP contribution in [0.4, 0.5) is 6.01 Å². The molecule has 1 aliphatic carbocycles. The van der Waals surface area contributed by atoms with Gasteiger partial charge >= 0.3 is 0 Å². The SMILES string of the molecule is CC1(Nc2nc3ccccc3o2)CCCC1. The van der Waals surface area contributed by atoms with Gasteiger partial charge in [0.1, 0.15) is 5.52 Å². The minimum absolute atomic E-state index is 0.168. The average molecular weight is 216 g/mol. The smallest absolute Gasteiger partial charge is 0.296 e. The number of para-hydroxylation sites is 2. The van der Waals surface area contributed by atoms with Gasteiger partial charge in [0.25, 0.3) is 6.01 Å². The first-order chi connectivity index (χ1) is 7.75. The zero-order valence-corrected chi connectivity index (χ0v) is 9.49. The molecular formula is C13H16N2O. The Labute approximate surface area is 94.9 Å². The molecular weight excluding hydrogens is 200 g/mol. The van der Waals surface area contributed by atoms with Gasteiger partial charge < -0.3 is 9.73 Å². The predicted molar refractivity (Wildman–Crippen MR) is 64.5 cm³/mol. The first-order valence-electron chi connectivity index (χ1n) is 5.89. The molecule has 1 aliphatic rings. The summed E-state index contributed by atoms with van der Waals surface area (Å²) in [6.45, 7) is 2.24. The molecule has 1 N–H and O–H groups in total. The van der Waals surface area contributed by atoms with E-state index in [1.807, 2.05) is 24.3 Å². The highest BCUT2D eigenvalue weighted by atomic mass is 16.4. The van der Waals surface area contributed by atoms with E-state index in [0.717, 1.165) is 11.1 Å². The Kier molecular flexibility index (Phi) is 2.13. The Balaban J connectivity index is 1.89. The lowest BCUT2D eigenvalue weighted by Crippen LogP contribution is -2.30. The lowest BCUT2D eigenvalue weighted by Gasteiger charge is -2.23. The van der Waals surface area contributed by atoms with Crippen molar-refractivity contribution in [3.63, 3.8) is 0 Å². The van der Waals surface area contributed by atoms with E-state index in [1.165, 1.54) is 25.7 Å². The first-order valence-corrected chi connectivity index (χ1v) is 5.89. The summed E-state index contributed by atoms with van der Waals surface area (Å²) in [5.41, 5.74) is 1.94. The standard InChI is InChI=1S/C13H16N2O/c1-13(8-4-5-9-13)15-12-14-10-6-2-3-7-11(10)16-12/h2-3,6-7H,4-5,8-9H2,1H3,(H,14,15). The van der Waals surface area contributed by atoms with Gasteiger partial charge in [-0.2, -0.15) is 4.98 Å². The number of hydrogen-bond donors (Lipinski definition) is 1. The molecule has 1 fully saturated rings. The van der Waals surface area contributed by atoms with Gasteiger partial charge in [0, 0.05) is 5.54 Å². The van der Waals surface area contributed by atoms with Gasteiger partial charge in [0.05, 0.1) is 0 Å². The topological polar surface area (TPSA) is 38.1 Å². The first kappa shape index (κ1) is 9.70. The number of hydrogen-bond acceptors (Lipinski definition) is 3. The number of aromatic nitrogens is 1. The monoisotopic (exact) mass is 216 g/mol. The van der Waals surface area contributed by atoms with Crippen molar-refractivity contribution < 1.29 is 4.42 Å². The number of nitrogens with zero attached hydrogens (tertiary/aromatic N) is 1. The molecule has 16 heavy (non-hydrogen) atoms. The van der Waals surface area contributed by atoms with Crippen LogP contribution < -0.4 is 5.32 Å². The van der Waals surface area contributed by atoms with Crippen molar-refractivity contribution in [3.05, 3.63) is 24.3 Å². The summed E-state index contributed by atoms with van der Waals surface area (Å²) in [5.74, 6) is 0. The Bertz CT molecular complexity index is 464. The van der Waals surface area contributed by atoms with E-state index in [-0.39, 0.29) is 5.54 Å². The van der Waals surface area contributed by atoms with E-state index in [0.29, 0.717) is 6.01 Å². The number of rotatable bonds is 2. The second kappa shape index (κ2) is 3.51. The van der Waals surface area contributed by atoms with E-state index in [9.17, 15) is 0 Å². The third-order valence-corrected chi connectivity index (χ3v) is 3.41. The van der Waals surface area contributed by atoms with Gasteiger partial charge in [-0.3, -0.25) is 0 Å². The number of benzene rings is 1. The molecule has 0 saturated heterocycles. The van der Waals surface area contributed by atoms with Crippen molar-refractivity contribution in [2.45, 2.75) is 38.1 Å². The molecule has 3 heteroatoms. The number of anilines is 1. The van der Waals surface area contributed by atoms with Gasteiger partial charge in [-0.1, -0.05) is 25.0 Å². The molecule has 1 saturated carbocycles. The van der Waals surface area contributed by atoms with Crippen LogP contribution in [0.25, 0.3) is 11.1 Å². The lowest BCUT2D eigenvalue weighted by atomic mass is 10.0. The quantitative estimate of drug-likeness (QED) is 0.833. The molecule has 0 radical (unpaired) electrons. The van der Waals surface area contributed by atoms with Gasteiger partial charge in [0.2, 0.25) is 0 Å². The molecule has 0 unspecified atom stereocenters. The molecule has 1 aromatic heterocycles. The highest BCUT2D eigenvalue weighted by molar-refractivity contribution is 5.74. The number of oxazole rings is 1. The van der Waals surface area contributed by atoms with E-state index < -0.39 is 0 Å². The summed E-state index contributed by atoms with van der Waals surface area (Å²) in [6, 6.07) is 8.53. The van der Waals surface area contributed by atoms with Crippen LogP contribution >= 0.6 is 0 Å². The average Bonchev–Trinajstić information content (AvgIpc) is 2.84. The van der Waals surface area contributed by atoms with Gasteiger partial charge in [-0.05, 0) is 31.9 Å². The lowest BCUT2D eigenvalue weighted by molar-refractivity contribution is 0.497. The predicted octanol–water partition coefficient (Wildman–Crippen LogP) is 3.57. The molecule has 0 amide bonds. The highest BCUT2D eigenvalue weighted by Crippen LogP contribution is 2.33. The van der Waals surface area contributed by atoms with Crippen molar-refractivity contribution in [1.82, 2.24) is 4.98 Å². The Hall–Kier alpha value is -1.51. The van der Waals surface area contributed by atoms with Crippen molar-refractivity contribution in [2.24, 2.45) is 0 Å². The Morgan fingerprint density at radius 3 is 2.75 bits per heavy atom. The van der Waals surface area contributed by atoms with Gasteiger partial charge in [0.15, 0.2) is 5.58 Å². The summed E-state index contributed by atoms with van der Waals surface area (Å²) < 4.78 is 5.67. The molecule has 0 spiro atoms. The summed E-state index contributed by atoms with van der Waals surface area (Å²) in [6.07, 6.45) is 4.99. The number of nitrogens with one attached hydrogen (secondary N) is 1. The zero-order valence-electron chi connectivity index (χ0n) is 9.49. The van der Waals surface area contributed by atoms with Crippen LogP contribution in [0.15, 0.2) is 28.7 Å². The fraction of sp³-hybridized carbons (Fsp3) is 0.462. The van der Waals surface area contributed by atoms with Crippen LogP contribution in [0, 0.1) is 0 Å². The second-order valence-electron chi connectivity index (χ2n) is 4.88. The highest BCUT2D eigenvalue weighted by Gasteiger charge is 2.29. The second-order valence-corrected chi connectivity index (χ2v) is 4.88. The Morgan fingerprint density at radius 2 is 2.00 bits per heavy atom. The summed E-state index contributed by atoms with van der Waals surface area (Å²) in [7, 11) is 0. The van der Waals surface area contributed by atoms with Crippen LogP contribution in [-0.4, -0.2) is 10.5 Å². The normalized spacial score (nSPS) is 19.1. The molecule has 2 aromatic rings. The van der Waals surface area contributed by atoms with E-state index in [4.69, 9.17) is 4.42 Å². The third kappa shape index (κ3) is 1.66. The number of fused-ring (bicyclic) bond motifs is 1. The minimum atomic E-state index is 0.168. The van der Waals surface area contributed by atoms with Gasteiger partial charge in [-0.25, -0.2) is 0 Å². The van der Waals surface area contributed by atoms with Crippen molar-refractivity contribution in [2.75, 3.05) is 5.32 Å². The van der Waals surface area contributed by atoms with Crippen molar-refractivity contribution >= 4 is 17.1 Å². The van der Waals surface area contributed by atoms with Crippen LogP contribution in [-0.2, 0) is 0 Å².